The molecule has 0 aromatic carbocycles. The van der Waals surface area contributed by atoms with E-state index in [1.54, 1.807) is 0 Å². The summed E-state index contributed by atoms with van der Waals surface area (Å²) in [4.78, 5) is 2.36. The summed E-state index contributed by atoms with van der Waals surface area (Å²) in [6.07, 6.45) is 5.76. The Bertz CT molecular complexity index is 261. The number of nitrogens with zero attached hydrogens (tertiary/aromatic N) is 1. The molecule has 1 aliphatic heterocycles. The Morgan fingerprint density at radius 1 is 1.47 bits per heavy atom. The number of aliphatic hydroxyl groups is 1. The van der Waals surface area contributed by atoms with E-state index in [0.29, 0.717) is 0 Å². The van der Waals surface area contributed by atoms with E-state index < -0.39 is 0 Å². The zero-order valence-electron chi connectivity index (χ0n) is 12.5. The van der Waals surface area contributed by atoms with Crippen LogP contribution in [0.15, 0.2) is 0 Å². The SMILES string of the molecule is CC(O)CCN(C)CC1(CNC2CC2)CCCOC1. The van der Waals surface area contributed by atoms with Gasteiger partial charge in [0.05, 0.1) is 12.7 Å². The van der Waals surface area contributed by atoms with Gasteiger partial charge in [-0.05, 0) is 46.1 Å². The highest BCUT2D eigenvalue weighted by atomic mass is 16.5. The van der Waals surface area contributed by atoms with E-state index in [2.05, 4.69) is 17.3 Å². The third kappa shape index (κ3) is 5.38. The van der Waals surface area contributed by atoms with Crippen molar-refractivity contribution in [2.24, 2.45) is 5.41 Å². The average molecular weight is 270 g/mol. The van der Waals surface area contributed by atoms with Crippen LogP contribution in [-0.2, 0) is 4.74 Å². The zero-order valence-corrected chi connectivity index (χ0v) is 12.5. The molecule has 112 valence electrons. The summed E-state index contributed by atoms with van der Waals surface area (Å²) < 4.78 is 5.75. The van der Waals surface area contributed by atoms with Crippen molar-refractivity contribution in [2.45, 2.75) is 51.2 Å². The largest absolute Gasteiger partial charge is 0.393 e. The molecule has 1 heterocycles. The lowest BCUT2D eigenvalue weighted by atomic mass is 9.81. The van der Waals surface area contributed by atoms with Gasteiger partial charge in [-0.25, -0.2) is 0 Å². The smallest absolute Gasteiger partial charge is 0.0546 e. The lowest BCUT2D eigenvalue weighted by molar-refractivity contribution is -0.0239. The summed E-state index contributed by atoms with van der Waals surface area (Å²) in [5, 5.41) is 13.1. The van der Waals surface area contributed by atoms with Crippen LogP contribution in [0, 0.1) is 5.41 Å². The van der Waals surface area contributed by atoms with Crippen LogP contribution in [-0.4, -0.2) is 62.0 Å². The van der Waals surface area contributed by atoms with Crippen LogP contribution in [0.2, 0.25) is 0 Å². The predicted octanol–water partition coefficient (Wildman–Crippen LogP) is 1.24. The molecule has 2 N–H and O–H groups in total. The van der Waals surface area contributed by atoms with Crippen molar-refractivity contribution >= 4 is 0 Å². The van der Waals surface area contributed by atoms with Crippen LogP contribution in [0.4, 0.5) is 0 Å². The van der Waals surface area contributed by atoms with Crippen molar-refractivity contribution in [2.75, 3.05) is 39.9 Å². The topological polar surface area (TPSA) is 44.7 Å². The summed E-state index contributed by atoms with van der Waals surface area (Å²) >= 11 is 0. The minimum atomic E-state index is -0.203. The first-order valence-electron chi connectivity index (χ1n) is 7.77. The summed E-state index contributed by atoms with van der Waals surface area (Å²) in [6.45, 7) is 6.77. The van der Waals surface area contributed by atoms with Crippen molar-refractivity contribution < 1.29 is 9.84 Å². The lowest BCUT2D eigenvalue weighted by Crippen LogP contribution is -2.48. The number of hydrogen-bond acceptors (Lipinski definition) is 4. The quantitative estimate of drug-likeness (QED) is 0.696. The van der Waals surface area contributed by atoms with E-state index in [4.69, 9.17) is 4.74 Å². The van der Waals surface area contributed by atoms with Crippen LogP contribution in [0.3, 0.4) is 0 Å². The first kappa shape index (κ1) is 15.2. The second-order valence-corrected chi connectivity index (χ2v) is 6.69. The van der Waals surface area contributed by atoms with Crippen molar-refractivity contribution in [1.82, 2.24) is 10.2 Å². The lowest BCUT2D eigenvalue weighted by Gasteiger charge is -2.40. The molecular weight excluding hydrogens is 240 g/mol. The van der Waals surface area contributed by atoms with E-state index in [0.717, 1.165) is 45.3 Å². The summed E-state index contributed by atoms with van der Waals surface area (Å²) in [5.74, 6) is 0. The molecule has 0 spiro atoms. The Hall–Kier alpha value is -0.160. The minimum absolute atomic E-state index is 0.203. The number of nitrogens with one attached hydrogen (secondary N) is 1. The molecule has 0 aromatic heterocycles. The molecule has 2 atom stereocenters. The first-order chi connectivity index (χ1) is 9.10. The zero-order chi connectivity index (χ0) is 13.7. The molecule has 2 aliphatic rings. The van der Waals surface area contributed by atoms with Gasteiger partial charge in [0, 0.05) is 37.7 Å². The Morgan fingerprint density at radius 2 is 2.26 bits per heavy atom. The molecule has 2 rings (SSSR count). The molecule has 0 aromatic rings. The predicted molar refractivity (Wildman–Crippen MR) is 77.3 cm³/mol. The van der Waals surface area contributed by atoms with Gasteiger partial charge in [-0.3, -0.25) is 0 Å². The van der Waals surface area contributed by atoms with Gasteiger partial charge in [-0.1, -0.05) is 0 Å². The second-order valence-electron chi connectivity index (χ2n) is 6.69. The molecule has 2 unspecified atom stereocenters. The molecule has 1 aliphatic carbocycles. The van der Waals surface area contributed by atoms with Crippen molar-refractivity contribution in [3.05, 3.63) is 0 Å². The maximum absolute atomic E-state index is 9.39. The fourth-order valence-electron chi connectivity index (χ4n) is 2.94. The molecule has 0 bridgehead atoms. The van der Waals surface area contributed by atoms with E-state index in [-0.39, 0.29) is 11.5 Å². The van der Waals surface area contributed by atoms with Crippen LogP contribution in [0.5, 0.6) is 0 Å². The summed E-state index contributed by atoms with van der Waals surface area (Å²) in [6, 6.07) is 0.765. The molecule has 1 saturated carbocycles. The maximum Gasteiger partial charge on any atom is 0.0546 e. The molecule has 19 heavy (non-hydrogen) atoms. The van der Waals surface area contributed by atoms with E-state index >= 15 is 0 Å². The molecule has 0 amide bonds. The highest BCUT2D eigenvalue weighted by molar-refractivity contribution is 4.90. The number of aliphatic hydroxyl groups excluding tert-OH is 1. The van der Waals surface area contributed by atoms with Crippen molar-refractivity contribution in [1.29, 1.82) is 0 Å². The van der Waals surface area contributed by atoms with Gasteiger partial charge in [0.15, 0.2) is 0 Å². The average Bonchev–Trinajstić information content (AvgIpc) is 3.19. The molecular formula is C15H30N2O2. The third-order valence-corrected chi connectivity index (χ3v) is 4.28. The van der Waals surface area contributed by atoms with Gasteiger partial charge >= 0.3 is 0 Å². The minimum Gasteiger partial charge on any atom is -0.393 e. The van der Waals surface area contributed by atoms with Gasteiger partial charge in [-0.2, -0.15) is 0 Å². The van der Waals surface area contributed by atoms with Crippen LogP contribution in [0.1, 0.15) is 39.0 Å². The van der Waals surface area contributed by atoms with E-state index in [1.165, 1.54) is 25.7 Å². The van der Waals surface area contributed by atoms with Crippen LogP contribution >= 0.6 is 0 Å². The van der Waals surface area contributed by atoms with Gasteiger partial charge in [-0.15, -0.1) is 0 Å². The fourth-order valence-corrected chi connectivity index (χ4v) is 2.94. The van der Waals surface area contributed by atoms with Gasteiger partial charge in [0.2, 0.25) is 0 Å². The normalized spacial score (nSPS) is 29.7. The Kier molecular flexibility index (Phi) is 5.63. The molecule has 0 radical (unpaired) electrons. The Morgan fingerprint density at radius 3 is 2.84 bits per heavy atom. The summed E-state index contributed by atoms with van der Waals surface area (Å²) in [5.41, 5.74) is 0.272. The van der Waals surface area contributed by atoms with Gasteiger partial charge in [0.25, 0.3) is 0 Å². The Balaban J connectivity index is 1.80. The van der Waals surface area contributed by atoms with Crippen LogP contribution in [0.25, 0.3) is 0 Å². The fraction of sp³-hybridized carbons (Fsp3) is 1.00. The standard InChI is InChI=1S/C15H30N2O2/c1-13(18)6-8-17(2)11-15(7-3-9-19-12-15)10-16-14-4-5-14/h13-14,16,18H,3-12H2,1-2H3. The van der Waals surface area contributed by atoms with Gasteiger partial charge in [0.1, 0.15) is 0 Å². The molecule has 4 heteroatoms. The number of ether oxygens (including phenoxy) is 1. The monoisotopic (exact) mass is 270 g/mol. The highest BCUT2D eigenvalue weighted by Gasteiger charge is 2.35. The molecule has 1 saturated heterocycles. The van der Waals surface area contributed by atoms with Crippen molar-refractivity contribution in [3.63, 3.8) is 0 Å². The van der Waals surface area contributed by atoms with Crippen molar-refractivity contribution in [3.8, 4) is 0 Å². The number of hydrogen-bond donors (Lipinski definition) is 2. The van der Waals surface area contributed by atoms with E-state index in [9.17, 15) is 5.11 Å². The Labute approximate surface area is 117 Å². The second kappa shape index (κ2) is 7.02. The summed E-state index contributed by atoms with van der Waals surface area (Å²) in [7, 11) is 2.16. The number of rotatable bonds is 8. The van der Waals surface area contributed by atoms with E-state index in [1.807, 2.05) is 6.92 Å². The molecule has 2 fully saturated rings. The first-order valence-corrected chi connectivity index (χ1v) is 7.77. The van der Waals surface area contributed by atoms with Gasteiger partial charge < -0.3 is 20.1 Å². The maximum atomic E-state index is 9.39. The molecule has 4 nitrogen and oxygen atoms in total. The third-order valence-electron chi connectivity index (χ3n) is 4.28. The van der Waals surface area contributed by atoms with Crippen LogP contribution < -0.4 is 5.32 Å². The highest BCUT2D eigenvalue weighted by Crippen LogP contribution is 2.30.